The fraction of sp³-hybridized carbons (Fsp3) is 0.519. The van der Waals surface area contributed by atoms with Gasteiger partial charge in [0.05, 0.1) is 12.2 Å². The second-order valence-electron chi connectivity index (χ2n) is 10.5. The average molecular weight is 558 g/mol. The number of aromatic nitrogens is 4. The lowest BCUT2D eigenvalue weighted by Gasteiger charge is -2.32. The molecule has 5 rings (SSSR count). The van der Waals surface area contributed by atoms with E-state index in [1.165, 1.54) is 6.07 Å². The standard InChI is InChI=1S/C27H33F2N7O4/c1-15(2)38-27(37)35-10-8-18(9-11-35)39-16(3)25-31-26(40-34-25)23-6-7-24(33-32-23)36-13-20(22(30)14-36)19-12-17(28)4-5-21(19)29/h4-7,12,15-16,18,20,22H,8-11,13-14,30H2,1-3H3/t16-,20+,22+/m1/s1. The topological polar surface area (TPSA) is 133 Å². The molecule has 3 aromatic rings. The second kappa shape index (κ2) is 11.8. The third-order valence-corrected chi connectivity index (χ3v) is 7.15. The van der Waals surface area contributed by atoms with Crippen molar-refractivity contribution in [3.05, 3.63) is 53.4 Å². The molecule has 0 saturated carbocycles. The highest BCUT2D eigenvalue weighted by Crippen LogP contribution is 2.32. The van der Waals surface area contributed by atoms with Gasteiger partial charge in [-0.05, 0) is 69.5 Å². The van der Waals surface area contributed by atoms with Crippen LogP contribution in [-0.4, -0.2) is 75.8 Å². The Hall–Kier alpha value is -3.71. The van der Waals surface area contributed by atoms with Crippen LogP contribution >= 0.6 is 0 Å². The van der Waals surface area contributed by atoms with Crippen LogP contribution in [-0.2, 0) is 9.47 Å². The van der Waals surface area contributed by atoms with Crippen LogP contribution in [0.2, 0.25) is 0 Å². The summed E-state index contributed by atoms with van der Waals surface area (Å²) < 4.78 is 44.8. The van der Waals surface area contributed by atoms with E-state index in [1.807, 2.05) is 25.7 Å². The van der Waals surface area contributed by atoms with Gasteiger partial charge in [-0.3, -0.25) is 0 Å². The van der Waals surface area contributed by atoms with E-state index >= 15 is 0 Å². The molecule has 2 saturated heterocycles. The lowest BCUT2D eigenvalue weighted by Crippen LogP contribution is -2.42. The summed E-state index contributed by atoms with van der Waals surface area (Å²) in [5.41, 5.74) is 6.92. The van der Waals surface area contributed by atoms with Crippen molar-refractivity contribution in [3.8, 4) is 11.6 Å². The van der Waals surface area contributed by atoms with Gasteiger partial charge in [-0.1, -0.05) is 5.16 Å². The predicted molar refractivity (Wildman–Crippen MR) is 140 cm³/mol. The molecule has 0 radical (unpaired) electrons. The monoisotopic (exact) mass is 557 g/mol. The number of anilines is 1. The third-order valence-electron chi connectivity index (χ3n) is 7.15. The summed E-state index contributed by atoms with van der Waals surface area (Å²) in [6, 6.07) is 6.48. The number of nitrogens with zero attached hydrogens (tertiary/aromatic N) is 6. The molecule has 0 bridgehead atoms. The van der Waals surface area contributed by atoms with Crippen LogP contribution < -0.4 is 10.6 Å². The van der Waals surface area contributed by atoms with Crippen LogP contribution in [0.1, 0.15) is 57.0 Å². The normalized spacial score (nSPS) is 20.8. The molecule has 0 spiro atoms. The Bertz CT molecular complexity index is 1310. The van der Waals surface area contributed by atoms with E-state index in [0.717, 1.165) is 12.1 Å². The van der Waals surface area contributed by atoms with E-state index in [0.29, 0.717) is 56.4 Å². The van der Waals surface area contributed by atoms with E-state index in [-0.39, 0.29) is 41.7 Å². The van der Waals surface area contributed by atoms with Gasteiger partial charge in [0.1, 0.15) is 17.7 Å². The van der Waals surface area contributed by atoms with E-state index in [9.17, 15) is 13.6 Å². The highest BCUT2D eigenvalue weighted by molar-refractivity contribution is 5.67. The number of nitrogens with two attached hydrogens (primary N) is 1. The van der Waals surface area contributed by atoms with Gasteiger partial charge in [0, 0.05) is 38.1 Å². The van der Waals surface area contributed by atoms with E-state index in [4.69, 9.17) is 19.7 Å². The van der Waals surface area contributed by atoms with Crippen LogP contribution in [0.5, 0.6) is 0 Å². The van der Waals surface area contributed by atoms with Gasteiger partial charge in [-0.25, -0.2) is 13.6 Å². The van der Waals surface area contributed by atoms with Crippen LogP contribution in [0.15, 0.2) is 34.9 Å². The van der Waals surface area contributed by atoms with Gasteiger partial charge in [0.15, 0.2) is 11.5 Å². The zero-order chi connectivity index (χ0) is 28.4. The predicted octanol–water partition coefficient (Wildman–Crippen LogP) is 3.82. The summed E-state index contributed by atoms with van der Waals surface area (Å²) in [5.74, 6) is -0.218. The van der Waals surface area contributed by atoms with Gasteiger partial charge in [-0.2, -0.15) is 4.98 Å². The Morgan fingerprint density at radius 2 is 1.88 bits per heavy atom. The summed E-state index contributed by atoms with van der Waals surface area (Å²) in [7, 11) is 0. The van der Waals surface area contributed by atoms with E-state index < -0.39 is 17.7 Å². The number of hydrogen-bond acceptors (Lipinski definition) is 10. The highest BCUT2D eigenvalue weighted by atomic mass is 19.1. The van der Waals surface area contributed by atoms with Gasteiger partial charge in [0.25, 0.3) is 5.89 Å². The minimum Gasteiger partial charge on any atom is -0.447 e. The number of amides is 1. The molecule has 40 heavy (non-hydrogen) atoms. The van der Waals surface area contributed by atoms with Crippen molar-refractivity contribution in [2.24, 2.45) is 5.73 Å². The van der Waals surface area contributed by atoms with Crippen molar-refractivity contribution in [2.75, 3.05) is 31.1 Å². The lowest BCUT2D eigenvalue weighted by molar-refractivity contribution is -0.0402. The molecular weight excluding hydrogens is 524 g/mol. The fourth-order valence-electron chi connectivity index (χ4n) is 5.06. The molecular formula is C27H33F2N7O4. The van der Waals surface area contributed by atoms with Crippen LogP contribution in [0.4, 0.5) is 19.4 Å². The van der Waals surface area contributed by atoms with Gasteiger partial charge >= 0.3 is 6.09 Å². The highest BCUT2D eigenvalue weighted by Gasteiger charge is 2.34. The minimum absolute atomic E-state index is 0.0457. The molecule has 11 nitrogen and oxygen atoms in total. The SMILES string of the molecule is CC(C)OC(=O)N1CCC(O[C@H](C)c2noc(-c3ccc(N4C[C@H](N)[C@H](c5cc(F)ccc5F)C4)nn3)n2)CC1. The van der Waals surface area contributed by atoms with Gasteiger partial charge in [-0.15, -0.1) is 10.2 Å². The molecule has 2 fully saturated rings. The molecule has 1 amide bonds. The summed E-state index contributed by atoms with van der Waals surface area (Å²) in [6.07, 6.45) is 0.442. The Kier molecular flexibility index (Phi) is 8.22. The Morgan fingerprint density at radius 3 is 2.58 bits per heavy atom. The summed E-state index contributed by atoms with van der Waals surface area (Å²) in [6.45, 7) is 7.42. The molecule has 2 aromatic heterocycles. The molecule has 214 valence electrons. The van der Waals surface area contributed by atoms with E-state index in [1.54, 1.807) is 17.0 Å². The van der Waals surface area contributed by atoms with Crippen LogP contribution in [0.3, 0.4) is 0 Å². The van der Waals surface area contributed by atoms with Crippen molar-refractivity contribution >= 4 is 11.9 Å². The summed E-state index contributed by atoms with van der Waals surface area (Å²) >= 11 is 0. The molecule has 0 unspecified atom stereocenters. The number of rotatable bonds is 7. The molecule has 1 aromatic carbocycles. The largest absolute Gasteiger partial charge is 0.447 e. The van der Waals surface area contributed by atoms with Crippen molar-refractivity contribution in [1.82, 2.24) is 25.2 Å². The molecule has 2 N–H and O–H groups in total. The number of likely N-dealkylation sites (tertiary alicyclic amines) is 1. The number of hydrogen-bond donors (Lipinski definition) is 1. The molecule has 0 aliphatic carbocycles. The van der Waals surface area contributed by atoms with Crippen LogP contribution in [0, 0.1) is 11.6 Å². The minimum atomic E-state index is -0.501. The molecule has 2 aliphatic rings. The first-order valence-electron chi connectivity index (χ1n) is 13.4. The van der Waals surface area contributed by atoms with E-state index in [2.05, 4.69) is 20.3 Å². The zero-order valence-corrected chi connectivity index (χ0v) is 22.7. The van der Waals surface area contributed by atoms with Crippen LogP contribution in [0.25, 0.3) is 11.6 Å². The maximum Gasteiger partial charge on any atom is 0.410 e. The van der Waals surface area contributed by atoms with Gasteiger partial charge < -0.3 is 29.5 Å². The Balaban J connectivity index is 1.16. The summed E-state index contributed by atoms with van der Waals surface area (Å²) in [5, 5.41) is 12.6. The molecule has 13 heteroatoms. The molecule has 4 heterocycles. The Labute approximate surface area is 230 Å². The number of piperidine rings is 1. The number of benzene rings is 1. The maximum absolute atomic E-state index is 14.3. The lowest BCUT2D eigenvalue weighted by atomic mass is 9.94. The first-order valence-corrected chi connectivity index (χ1v) is 13.4. The third kappa shape index (κ3) is 6.20. The quantitative estimate of drug-likeness (QED) is 0.457. The number of carbonyl (C=O) groups excluding carboxylic acids is 1. The second-order valence-corrected chi connectivity index (χ2v) is 10.5. The number of halogens is 2. The fourth-order valence-corrected chi connectivity index (χ4v) is 5.06. The molecule has 2 aliphatic heterocycles. The van der Waals surface area contributed by atoms with Crippen molar-refractivity contribution in [1.29, 1.82) is 0 Å². The average Bonchev–Trinajstić information content (AvgIpc) is 3.58. The maximum atomic E-state index is 14.3. The summed E-state index contributed by atoms with van der Waals surface area (Å²) in [4.78, 5) is 20.1. The number of carbonyl (C=O) groups is 1. The van der Waals surface area contributed by atoms with Gasteiger partial charge in [0.2, 0.25) is 5.82 Å². The van der Waals surface area contributed by atoms with Crippen molar-refractivity contribution in [2.45, 2.75) is 63.9 Å². The zero-order valence-electron chi connectivity index (χ0n) is 22.7. The molecule has 3 atom stereocenters. The first-order chi connectivity index (χ1) is 19.2. The smallest absolute Gasteiger partial charge is 0.410 e. The first kappa shape index (κ1) is 27.8. The number of ether oxygens (including phenoxy) is 2. The van der Waals surface area contributed by atoms with Crippen molar-refractivity contribution in [3.63, 3.8) is 0 Å². The Morgan fingerprint density at radius 1 is 1.10 bits per heavy atom. The van der Waals surface area contributed by atoms with Crippen molar-refractivity contribution < 1.29 is 27.6 Å².